The van der Waals surface area contributed by atoms with E-state index in [1.807, 2.05) is 0 Å². The van der Waals surface area contributed by atoms with Crippen LogP contribution in [0, 0.1) is 0 Å². The zero-order chi connectivity index (χ0) is 9.14. The topological polar surface area (TPSA) is 96.9 Å². The lowest BCUT2D eigenvalue weighted by Crippen LogP contribution is -3.01. The molecule has 0 aromatic heterocycles. The van der Waals surface area contributed by atoms with Crippen molar-refractivity contribution in [2.45, 2.75) is 31.3 Å². The largest absolute Gasteiger partial charge is 0.544 e. The normalized spacial score (nSPS) is 29.7. The molecule has 1 saturated heterocycles. The third-order valence-corrected chi connectivity index (χ3v) is 2.10. The molecule has 0 aromatic carbocycles. The van der Waals surface area contributed by atoms with Crippen molar-refractivity contribution >= 4 is 11.9 Å². The summed E-state index contributed by atoms with van der Waals surface area (Å²) in [5.74, 6) is -2.39. The highest BCUT2D eigenvalue weighted by molar-refractivity contribution is 5.72. The predicted molar refractivity (Wildman–Crippen MR) is 33.4 cm³/mol. The number of hydrogen-bond donors (Lipinski definition) is 1. The molecular weight excluding hydrogens is 162 g/mol. The van der Waals surface area contributed by atoms with Gasteiger partial charge in [-0.2, -0.15) is 0 Å². The van der Waals surface area contributed by atoms with Gasteiger partial charge in [0.05, 0.1) is 11.9 Å². The van der Waals surface area contributed by atoms with Crippen molar-refractivity contribution in [2.24, 2.45) is 0 Å². The molecule has 1 heterocycles. The number of piperidine rings is 1. The number of carbonyl (C=O) groups is 2. The first kappa shape index (κ1) is 8.99. The lowest BCUT2D eigenvalue weighted by Gasteiger charge is -2.28. The maximum atomic E-state index is 10.4. The van der Waals surface area contributed by atoms with Gasteiger partial charge < -0.3 is 25.1 Å². The van der Waals surface area contributed by atoms with E-state index >= 15 is 0 Å². The van der Waals surface area contributed by atoms with Crippen LogP contribution >= 0.6 is 0 Å². The van der Waals surface area contributed by atoms with Crippen molar-refractivity contribution in [3.63, 3.8) is 0 Å². The second-order valence-electron chi connectivity index (χ2n) is 2.97. The van der Waals surface area contributed by atoms with Gasteiger partial charge in [-0.1, -0.05) is 0 Å². The second kappa shape index (κ2) is 3.53. The van der Waals surface area contributed by atoms with E-state index in [0.717, 1.165) is 0 Å². The Kier molecular flexibility index (Phi) is 2.65. The van der Waals surface area contributed by atoms with Gasteiger partial charge in [-0.25, -0.2) is 0 Å². The fourth-order valence-electron chi connectivity index (χ4n) is 1.42. The summed E-state index contributed by atoms with van der Waals surface area (Å²) in [6, 6.07) is -1.44. The first-order chi connectivity index (χ1) is 5.61. The Labute approximate surface area is 69.4 Å². The van der Waals surface area contributed by atoms with E-state index in [1.165, 1.54) is 5.32 Å². The van der Waals surface area contributed by atoms with Crippen LogP contribution in [0.5, 0.6) is 0 Å². The molecule has 5 nitrogen and oxygen atoms in total. The quantitative estimate of drug-likeness (QED) is 0.458. The van der Waals surface area contributed by atoms with E-state index in [1.54, 1.807) is 0 Å². The average Bonchev–Trinajstić information content (AvgIpc) is 2.04. The van der Waals surface area contributed by atoms with Gasteiger partial charge >= 0.3 is 0 Å². The minimum absolute atomic E-state index is 0.478. The van der Waals surface area contributed by atoms with Gasteiger partial charge in [-0.05, 0) is 6.42 Å². The molecular formula is C7H10NO4-. The summed E-state index contributed by atoms with van der Waals surface area (Å²) < 4.78 is 0. The first-order valence-electron chi connectivity index (χ1n) is 3.88. The number of hydrogen-bond acceptors (Lipinski definition) is 4. The van der Waals surface area contributed by atoms with Crippen LogP contribution in [-0.2, 0) is 9.59 Å². The van der Waals surface area contributed by atoms with Gasteiger partial charge in [0.25, 0.3) is 0 Å². The van der Waals surface area contributed by atoms with E-state index in [9.17, 15) is 19.8 Å². The van der Waals surface area contributed by atoms with Crippen LogP contribution in [0.3, 0.4) is 0 Å². The van der Waals surface area contributed by atoms with Crippen LogP contribution in [0.15, 0.2) is 0 Å². The molecule has 5 heteroatoms. The second-order valence-corrected chi connectivity index (χ2v) is 2.97. The van der Waals surface area contributed by atoms with E-state index in [-0.39, 0.29) is 0 Å². The SMILES string of the molecule is O=C([O-])[C@@H]1CCC[C@H](C(=O)[O-])[NH2+]1. The number of carboxylic acids is 2. The zero-order valence-corrected chi connectivity index (χ0v) is 6.49. The van der Waals surface area contributed by atoms with Crippen molar-refractivity contribution < 1.29 is 25.1 Å². The maximum Gasteiger partial charge on any atom is 0.127 e. The molecule has 0 unspecified atom stereocenters. The summed E-state index contributed by atoms with van der Waals surface area (Å²) in [4.78, 5) is 20.7. The molecule has 0 aromatic rings. The van der Waals surface area contributed by atoms with Crippen LogP contribution < -0.4 is 15.5 Å². The molecule has 0 bridgehead atoms. The zero-order valence-electron chi connectivity index (χ0n) is 6.49. The highest BCUT2D eigenvalue weighted by Crippen LogP contribution is 2.05. The summed E-state index contributed by atoms with van der Waals surface area (Å²) in [6.07, 6.45) is 1.56. The number of carbonyl (C=O) groups excluding carboxylic acids is 2. The number of nitrogens with two attached hydrogens (primary N) is 1. The van der Waals surface area contributed by atoms with Gasteiger partial charge in [-0.3, -0.25) is 0 Å². The summed E-state index contributed by atoms with van der Waals surface area (Å²) in [7, 11) is 0. The lowest BCUT2D eigenvalue weighted by atomic mass is 9.99. The Bertz CT molecular complexity index is 184. The molecule has 0 spiro atoms. The molecule has 1 fully saturated rings. The van der Waals surface area contributed by atoms with Gasteiger partial charge in [0.2, 0.25) is 0 Å². The number of rotatable bonds is 2. The lowest BCUT2D eigenvalue weighted by molar-refractivity contribution is -0.717. The third kappa shape index (κ3) is 1.94. The predicted octanol–water partition coefficient (Wildman–Crippen LogP) is -4.03. The minimum atomic E-state index is -1.19. The summed E-state index contributed by atoms with van der Waals surface area (Å²) >= 11 is 0. The Morgan fingerprint density at radius 3 is 1.83 bits per heavy atom. The maximum absolute atomic E-state index is 10.4. The van der Waals surface area contributed by atoms with Gasteiger partial charge in [-0.15, -0.1) is 0 Å². The van der Waals surface area contributed by atoms with Crippen molar-refractivity contribution in [3.8, 4) is 0 Å². The van der Waals surface area contributed by atoms with Crippen molar-refractivity contribution in [2.75, 3.05) is 0 Å². The molecule has 1 aliphatic rings. The highest BCUT2D eigenvalue weighted by Gasteiger charge is 2.26. The molecule has 0 aliphatic carbocycles. The van der Waals surface area contributed by atoms with Crippen LogP contribution in [-0.4, -0.2) is 24.0 Å². The van der Waals surface area contributed by atoms with Gasteiger partial charge in [0.1, 0.15) is 12.1 Å². The van der Waals surface area contributed by atoms with E-state index in [4.69, 9.17) is 0 Å². The van der Waals surface area contributed by atoms with E-state index in [2.05, 4.69) is 0 Å². The molecule has 12 heavy (non-hydrogen) atoms. The molecule has 1 rings (SSSR count). The average molecular weight is 172 g/mol. The number of aliphatic carboxylic acids is 2. The smallest absolute Gasteiger partial charge is 0.127 e. The summed E-state index contributed by atoms with van der Waals surface area (Å²) in [5, 5.41) is 22.0. The standard InChI is InChI=1S/C7H11NO4/c9-6(10)4-2-1-3-5(8-4)7(11)12/h4-5,8H,1-3H2,(H,9,10)(H,11,12)/p-1/t4-,5+. The van der Waals surface area contributed by atoms with Gasteiger partial charge in [0.15, 0.2) is 0 Å². The first-order valence-corrected chi connectivity index (χ1v) is 3.88. The molecule has 2 N–H and O–H groups in total. The van der Waals surface area contributed by atoms with Crippen LogP contribution in [0.2, 0.25) is 0 Å². The molecule has 68 valence electrons. The summed E-state index contributed by atoms with van der Waals surface area (Å²) in [6.45, 7) is 0. The molecule has 0 amide bonds. The van der Waals surface area contributed by atoms with Crippen LogP contribution in [0.4, 0.5) is 0 Å². The van der Waals surface area contributed by atoms with Crippen LogP contribution in [0.25, 0.3) is 0 Å². The number of quaternary nitrogens is 1. The molecule has 2 atom stereocenters. The molecule has 0 radical (unpaired) electrons. The minimum Gasteiger partial charge on any atom is -0.544 e. The van der Waals surface area contributed by atoms with Crippen molar-refractivity contribution in [3.05, 3.63) is 0 Å². The Morgan fingerprint density at radius 2 is 1.50 bits per heavy atom. The van der Waals surface area contributed by atoms with Crippen LogP contribution in [0.1, 0.15) is 19.3 Å². The highest BCUT2D eigenvalue weighted by atomic mass is 16.4. The fourth-order valence-corrected chi connectivity index (χ4v) is 1.42. The molecule has 0 saturated carbocycles. The third-order valence-electron chi connectivity index (χ3n) is 2.10. The van der Waals surface area contributed by atoms with E-state index < -0.39 is 24.0 Å². The Balaban J connectivity index is 2.51. The monoisotopic (exact) mass is 172 g/mol. The Morgan fingerprint density at radius 1 is 1.08 bits per heavy atom. The van der Waals surface area contributed by atoms with Gasteiger partial charge in [0, 0.05) is 12.8 Å². The van der Waals surface area contributed by atoms with Crippen molar-refractivity contribution in [1.29, 1.82) is 0 Å². The van der Waals surface area contributed by atoms with Crippen molar-refractivity contribution in [1.82, 2.24) is 0 Å². The fraction of sp³-hybridized carbons (Fsp3) is 0.714. The Hall–Kier alpha value is -1.10. The number of carboxylic acid groups (broad SMARTS) is 2. The molecule has 1 aliphatic heterocycles. The summed E-state index contributed by atoms with van der Waals surface area (Å²) in [5.41, 5.74) is 0. The van der Waals surface area contributed by atoms with E-state index in [0.29, 0.717) is 19.3 Å².